The number of fused-ring (bicyclic) bond motifs is 1. The van der Waals surface area contributed by atoms with Gasteiger partial charge in [-0.1, -0.05) is 12.1 Å². The van der Waals surface area contributed by atoms with Crippen molar-refractivity contribution < 1.29 is 36.4 Å². The lowest BCUT2D eigenvalue weighted by Crippen LogP contribution is -2.27. The van der Waals surface area contributed by atoms with Gasteiger partial charge in [-0.25, -0.2) is 4.79 Å². The second-order valence-electron chi connectivity index (χ2n) is 10.00. The molecule has 0 fully saturated rings. The second-order valence-corrected chi connectivity index (χ2v) is 12.3. The predicted molar refractivity (Wildman–Crippen MR) is 173 cm³/mol. The molecule has 0 aliphatic rings. The molecule has 1 heterocycles. The number of rotatable bonds is 16. The molecule has 248 valence electrons. The summed E-state index contributed by atoms with van der Waals surface area (Å²) in [5.74, 6) is 0.103. The molecule has 0 bridgehead atoms. The van der Waals surface area contributed by atoms with Gasteiger partial charge in [-0.3, -0.25) is 25.0 Å². The molecule has 0 unspecified atom stereocenters. The lowest BCUT2D eigenvalue weighted by Gasteiger charge is -2.23. The van der Waals surface area contributed by atoms with Crippen LogP contribution in [-0.2, 0) is 32.7 Å². The Balaban J connectivity index is 1.39. The van der Waals surface area contributed by atoms with Crippen LogP contribution in [0.1, 0.15) is 24.0 Å². The fourth-order valence-electron chi connectivity index (χ4n) is 4.64. The highest BCUT2D eigenvalue weighted by Crippen LogP contribution is 2.32. The van der Waals surface area contributed by atoms with Gasteiger partial charge in [-0.2, -0.15) is 8.42 Å². The molecule has 17 heteroatoms. The number of aryl methyl sites for hydroxylation is 1. The van der Waals surface area contributed by atoms with E-state index in [2.05, 4.69) is 4.90 Å². The molecule has 4 rings (SSSR count). The van der Waals surface area contributed by atoms with Crippen LogP contribution in [0.3, 0.4) is 0 Å². The minimum atomic E-state index is -4.85. The number of alkyl halides is 2. The highest BCUT2D eigenvalue weighted by atomic mass is 35.5. The maximum atomic E-state index is 12.9. The summed E-state index contributed by atoms with van der Waals surface area (Å²) in [5, 5.41) is 22.7. The Kier molecular flexibility index (Phi) is 11.7. The van der Waals surface area contributed by atoms with Crippen LogP contribution in [-0.4, -0.2) is 49.1 Å². The number of nitro groups is 2. The maximum Gasteiger partial charge on any atom is 0.346 e. The first-order valence-electron chi connectivity index (χ1n) is 14.0. The third-order valence-electron chi connectivity index (χ3n) is 6.87. The van der Waals surface area contributed by atoms with Crippen molar-refractivity contribution in [2.24, 2.45) is 0 Å². The average molecular weight is 709 g/mol. The molecule has 1 aromatic heterocycles. The highest BCUT2D eigenvalue weighted by molar-refractivity contribution is 7.87. The molecule has 0 saturated heterocycles. The van der Waals surface area contributed by atoms with Crippen LogP contribution in [0.25, 0.3) is 11.0 Å². The topological polar surface area (TPSA) is 189 Å². The van der Waals surface area contributed by atoms with Crippen LogP contribution in [0.15, 0.2) is 80.8 Å². The minimum Gasteiger partial charge on any atom is -0.461 e. The Morgan fingerprint density at radius 2 is 1.62 bits per heavy atom. The number of benzene rings is 3. The zero-order valence-corrected chi connectivity index (χ0v) is 26.8. The van der Waals surface area contributed by atoms with E-state index in [1.807, 2.05) is 24.3 Å². The number of halogens is 2. The van der Waals surface area contributed by atoms with Crippen molar-refractivity contribution in [2.75, 3.05) is 29.7 Å². The average Bonchev–Trinajstić information content (AvgIpc) is 3.03. The van der Waals surface area contributed by atoms with Crippen LogP contribution in [0.2, 0.25) is 0 Å². The normalized spacial score (nSPS) is 11.3. The van der Waals surface area contributed by atoms with Crippen molar-refractivity contribution in [1.29, 1.82) is 0 Å². The summed E-state index contributed by atoms with van der Waals surface area (Å²) in [6, 6.07) is 14.7. The van der Waals surface area contributed by atoms with Crippen LogP contribution in [0.4, 0.5) is 17.1 Å². The molecule has 0 aliphatic carbocycles. The summed E-state index contributed by atoms with van der Waals surface area (Å²) in [5.41, 5.74) is -0.325. The van der Waals surface area contributed by atoms with Gasteiger partial charge in [0, 0.05) is 66.1 Å². The third kappa shape index (κ3) is 9.18. The zero-order chi connectivity index (χ0) is 34.1. The number of hydrogen-bond acceptors (Lipinski definition) is 12. The van der Waals surface area contributed by atoms with Gasteiger partial charge in [-0.05, 0) is 48.7 Å². The largest absolute Gasteiger partial charge is 0.461 e. The number of anilines is 1. The van der Waals surface area contributed by atoms with Gasteiger partial charge in [0.1, 0.15) is 17.9 Å². The molecule has 0 atom stereocenters. The van der Waals surface area contributed by atoms with Crippen LogP contribution in [0.5, 0.6) is 5.75 Å². The quantitative estimate of drug-likeness (QED) is 0.0344. The summed E-state index contributed by atoms with van der Waals surface area (Å²) in [4.78, 5) is 46.3. The van der Waals surface area contributed by atoms with E-state index in [4.69, 9.17) is 36.5 Å². The SMILES string of the molecule is O=C(CCCc1ccc(N(CCCl)CCCl)cc1)OCc1cc(=O)oc2cc(OS(=O)(=O)c3ccc([N+](=O)[O-])cc3[N+](=O)[O-])ccc12. The molecule has 0 amide bonds. The van der Waals surface area contributed by atoms with Crippen LogP contribution in [0, 0.1) is 20.2 Å². The molecule has 0 aliphatic heterocycles. The third-order valence-corrected chi connectivity index (χ3v) is 8.51. The molecule has 3 aromatic carbocycles. The van der Waals surface area contributed by atoms with Crippen molar-refractivity contribution >= 4 is 67.3 Å². The Labute approximate surface area is 277 Å². The number of carbonyl (C=O) groups is 1. The maximum absolute atomic E-state index is 12.9. The number of nitrogens with zero attached hydrogens (tertiary/aromatic N) is 3. The first-order chi connectivity index (χ1) is 22.4. The van der Waals surface area contributed by atoms with Crippen molar-refractivity contribution in [3.8, 4) is 5.75 Å². The molecule has 47 heavy (non-hydrogen) atoms. The van der Waals surface area contributed by atoms with E-state index in [1.165, 1.54) is 12.1 Å². The Morgan fingerprint density at radius 1 is 0.915 bits per heavy atom. The molecule has 0 saturated carbocycles. The summed E-state index contributed by atoms with van der Waals surface area (Å²) in [6.07, 6.45) is 1.27. The lowest BCUT2D eigenvalue weighted by atomic mass is 10.1. The molecular weight excluding hydrogens is 681 g/mol. The van der Waals surface area contributed by atoms with E-state index in [-0.39, 0.29) is 24.4 Å². The van der Waals surface area contributed by atoms with Gasteiger partial charge >= 0.3 is 21.7 Å². The number of esters is 1. The first kappa shape index (κ1) is 35.1. The molecule has 4 aromatic rings. The van der Waals surface area contributed by atoms with Crippen LogP contribution < -0.4 is 14.7 Å². The monoisotopic (exact) mass is 707 g/mol. The number of nitro benzene ring substituents is 2. The Bertz CT molecular complexity index is 1950. The van der Waals surface area contributed by atoms with Crippen molar-refractivity contribution in [3.63, 3.8) is 0 Å². The van der Waals surface area contributed by atoms with Gasteiger partial charge in [0.15, 0.2) is 4.90 Å². The molecule has 0 N–H and O–H groups in total. The van der Waals surface area contributed by atoms with E-state index in [9.17, 15) is 38.2 Å². The Morgan fingerprint density at radius 3 is 2.26 bits per heavy atom. The summed E-state index contributed by atoms with van der Waals surface area (Å²) in [6.45, 7) is 1.08. The van der Waals surface area contributed by atoms with E-state index in [0.717, 1.165) is 29.4 Å². The smallest absolute Gasteiger partial charge is 0.346 e. The Hall–Kier alpha value is -4.73. The summed E-state index contributed by atoms with van der Waals surface area (Å²) in [7, 11) is -4.85. The minimum absolute atomic E-state index is 0.103. The summed E-state index contributed by atoms with van der Waals surface area (Å²) < 4.78 is 41.3. The summed E-state index contributed by atoms with van der Waals surface area (Å²) >= 11 is 11.8. The number of non-ortho nitro benzene ring substituents is 1. The zero-order valence-electron chi connectivity index (χ0n) is 24.5. The van der Waals surface area contributed by atoms with Crippen molar-refractivity contribution in [3.05, 3.63) is 109 Å². The van der Waals surface area contributed by atoms with Gasteiger partial charge in [0.2, 0.25) is 0 Å². The fourth-order valence-corrected chi connectivity index (χ4v) is 6.12. The molecule has 0 spiro atoms. The van der Waals surface area contributed by atoms with E-state index in [0.29, 0.717) is 60.8 Å². The number of ether oxygens (including phenoxy) is 1. The predicted octanol–water partition coefficient (Wildman–Crippen LogP) is 5.73. The standard InChI is InChI=1S/C30H27Cl2N3O11S/c31-12-14-33(15-13-32)22-6-4-20(5-7-22)2-1-3-29(36)44-19-21-16-30(37)45-27-18-24(9-10-25(21)27)46-47(42,43)28-11-8-23(34(38)39)17-26(28)35(40)41/h4-11,16-18H,1-3,12-15,19H2. The van der Waals surface area contributed by atoms with E-state index >= 15 is 0 Å². The van der Waals surface area contributed by atoms with Crippen molar-refractivity contribution in [1.82, 2.24) is 0 Å². The van der Waals surface area contributed by atoms with Crippen molar-refractivity contribution in [2.45, 2.75) is 30.8 Å². The number of hydrogen-bond donors (Lipinski definition) is 0. The van der Waals surface area contributed by atoms with Gasteiger partial charge in [0.25, 0.3) is 11.4 Å². The number of carbonyl (C=O) groups excluding carboxylic acids is 1. The van der Waals surface area contributed by atoms with Gasteiger partial charge in [-0.15, -0.1) is 23.2 Å². The second kappa shape index (κ2) is 15.7. The first-order valence-corrected chi connectivity index (χ1v) is 16.4. The van der Waals surface area contributed by atoms with Gasteiger partial charge < -0.3 is 18.2 Å². The highest BCUT2D eigenvalue weighted by Gasteiger charge is 2.30. The van der Waals surface area contributed by atoms with E-state index < -0.39 is 47.8 Å². The fraction of sp³-hybridized carbons (Fsp3) is 0.267. The molecule has 0 radical (unpaired) electrons. The van der Waals surface area contributed by atoms with Crippen LogP contribution >= 0.6 is 23.2 Å². The molecule has 14 nitrogen and oxygen atoms in total. The lowest BCUT2D eigenvalue weighted by molar-refractivity contribution is -0.396. The van der Waals surface area contributed by atoms with Gasteiger partial charge in [0.05, 0.1) is 15.9 Å². The molecular formula is C30H27Cl2N3O11S. The van der Waals surface area contributed by atoms with E-state index in [1.54, 1.807) is 0 Å².